The zero-order valence-electron chi connectivity index (χ0n) is 34.2. The number of likely N-dealkylation sites (tertiary alicyclic amines) is 1. The molecule has 4 aromatic rings. The number of hydrazine groups is 1. The molecule has 15 nitrogen and oxygen atoms in total. The summed E-state index contributed by atoms with van der Waals surface area (Å²) in [5.41, 5.74) is 8.05. The molecule has 2 saturated carbocycles. The van der Waals surface area contributed by atoms with Crippen molar-refractivity contribution in [3.63, 3.8) is 0 Å². The number of imidazole rings is 2. The Bertz CT molecular complexity index is 2130. The normalized spacial score (nSPS) is 21.6. The summed E-state index contributed by atoms with van der Waals surface area (Å²) in [5, 5.41) is 4.12. The number of amides is 4. The average molecular weight is 795 g/mol. The number of carbonyl (C=O) groups is 4. The number of hydrogen-bond donors (Lipinski definition) is 4. The molecule has 15 heteroatoms. The Balaban J connectivity index is 1.06. The highest BCUT2D eigenvalue weighted by Gasteiger charge is 2.53. The van der Waals surface area contributed by atoms with Crippen LogP contribution in [0, 0.1) is 23.7 Å². The van der Waals surface area contributed by atoms with Gasteiger partial charge in [-0.05, 0) is 87.0 Å². The predicted octanol–water partition coefficient (Wildman–Crippen LogP) is 6.82. The molecule has 0 radical (unpaired) electrons. The molecule has 6 atom stereocenters. The lowest BCUT2D eigenvalue weighted by molar-refractivity contribution is -0.143. The van der Waals surface area contributed by atoms with E-state index in [4.69, 9.17) is 24.2 Å². The fourth-order valence-corrected chi connectivity index (χ4v) is 9.25. The number of fused-ring (bicyclic) bond motifs is 2. The lowest BCUT2D eigenvalue weighted by atomic mass is 9.77. The maximum absolute atomic E-state index is 14.0. The first-order valence-electron chi connectivity index (χ1n) is 20.1. The molecular formula is C43H54N8O7. The zero-order valence-corrected chi connectivity index (χ0v) is 34.2. The van der Waals surface area contributed by atoms with Crippen LogP contribution in [0.5, 0.6) is 5.75 Å². The SMILES string of the molecule is COC(=O)N[C@H](C(=O)N1CCC[C@H]1c1cnc(-c2ccc(-c3ccc(-c4ncc([C@@H]5C6CCC(C6)[C@H]5C(=O)N(NC(=O)OC)C(C)C)[nH]4)cc3)cc2OC)[nH]1)C(C)C. The number of methoxy groups -OCH3 is 3. The van der Waals surface area contributed by atoms with Crippen molar-refractivity contribution in [1.29, 1.82) is 0 Å². The third-order valence-electron chi connectivity index (χ3n) is 12.1. The van der Waals surface area contributed by atoms with Gasteiger partial charge in [0, 0.05) is 36.0 Å². The number of nitrogens with one attached hydrogen (secondary N) is 4. The first-order chi connectivity index (χ1) is 27.9. The second kappa shape index (κ2) is 16.9. The van der Waals surface area contributed by atoms with E-state index < -0.39 is 18.2 Å². The Morgan fingerprint density at radius 3 is 2.16 bits per heavy atom. The minimum Gasteiger partial charge on any atom is -0.496 e. The number of aromatic amines is 2. The van der Waals surface area contributed by atoms with Crippen LogP contribution in [0.1, 0.15) is 83.1 Å². The fourth-order valence-electron chi connectivity index (χ4n) is 9.25. The monoisotopic (exact) mass is 794 g/mol. The van der Waals surface area contributed by atoms with Crippen LogP contribution in [0.3, 0.4) is 0 Å². The summed E-state index contributed by atoms with van der Waals surface area (Å²) in [6.45, 7) is 8.13. The molecular weight excluding hydrogens is 741 g/mol. The van der Waals surface area contributed by atoms with Crippen molar-refractivity contribution >= 4 is 24.0 Å². The number of alkyl carbamates (subject to hydrolysis) is 1. The minimum atomic E-state index is -0.703. The molecule has 2 bridgehead atoms. The van der Waals surface area contributed by atoms with Crippen molar-refractivity contribution < 1.29 is 33.4 Å². The first kappa shape index (κ1) is 40.3. The second-order valence-electron chi connectivity index (χ2n) is 16.2. The summed E-state index contributed by atoms with van der Waals surface area (Å²) >= 11 is 0. The van der Waals surface area contributed by atoms with Crippen LogP contribution in [-0.4, -0.2) is 93.8 Å². The third kappa shape index (κ3) is 7.86. The summed E-state index contributed by atoms with van der Waals surface area (Å²) < 4.78 is 15.4. The zero-order chi connectivity index (χ0) is 41.2. The molecule has 2 aliphatic carbocycles. The van der Waals surface area contributed by atoms with Crippen molar-refractivity contribution in [2.75, 3.05) is 27.9 Å². The second-order valence-corrected chi connectivity index (χ2v) is 16.2. The van der Waals surface area contributed by atoms with Crippen molar-refractivity contribution in [2.45, 2.75) is 83.8 Å². The summed E-state index contributed by atoms with van der Waals surface area (Å²) in [7, 11) is 4.21. The van der Waals surface area contributed by atoms with Gasteiger partial charge < -0.3 is 34.4 Å². The fraction of sp³-hybridized carbons (Fsp3) is 0.488. The molecule has 3 aliphatic rings. The standard InChI is InChI=1S/C43H54N8O7/c1-23(2)37(48-42(54)57-6)41(53)50-18-8-9-33(50)31-21-45-39(46-31)30-17-16-27(20-34(30)56-5)25-10-12-26(13-11-25)38-44-22-32(47-38)35-28-14-15-29(19-28)36(35)40(52)51(24(3)4)49-43(55)58-7/h10-13,16-17,20-24,28-29,33,35-37H,8-9,14-15,18-19H2,1-7H3,(H,44,47)(H,45,46)(H,48,54)(H,49,55)/t28?,29?,33-,35-,36+,37-/m0/s1. The molecule has 2 unspecified atom stereocenters. The van der Waals surface area contributed by atoms with Crippen LogP contribution in [-0.2, 0) is 19.1 Å². The Kier molecular flexibility index (Phi) is 11.8. The Labute approximate surface area is 338 Å². The van der Waals surface area contributed by atoms with Crippen molar-refractivity contribution in [3.05, 3.63) is 66.2 Å². The topological polar surface area (TPSA) is 184 Å². The first-order valence-corrected chi connectivity index (χ1v) is 20.1. The van der Waals surface area contributed by atoms with Gasteiger partial charge in [0.2, 0.25) is 11.8 Å². The van der Waals surface area contributed by atoms with Crippen LogP contribution < -0.4 is 15.5 Å². The highest BCUT2D eigenvalue weighted by Crippen LogP contribution is 2.57. The van der Waals surface area contributed by atoms with E-state index in [9.17, 15) is 19.2 Å². The van der Waals surface area contributed by atoms with E-state index in [-0.39, 0.29) is 47.6 Å². The Morgan fingerprint density at radius 1 is 0.810 bits per heavy atom. The van der Waals surface area contributed by atoms with Gasteiger partial charge in [0.1, 0.15) is 23.4 Å². The van der Waals surface area contributed by atoms with E-state index in [1.165, 1.54) is 19.2 Å². The molecule has 2 aromatic heterocycles. The van der Waals surface area contributed by atoms with Crippen molar-refractivity contribution in [1.82, 2.24) is 40.6 Å². The van der Waals surface area contributed by atoms with E-state index in [0.717, 1.165) is 71.6 Å². The van der Waals surface area contributed by atoms with Gasteiger partial charge in [0.05, 0.1) is 50.7 Å². The largest absolute Gasteiger partial charge is 0.496 e. The predicted molar refractivity (Wildman–Crippen MR) is 216 cm³/mol. The van der Waals surface area contributed by atoms with E-state index in [1.807, 2.05) is 81.3 Å². The van der Waals surface area contributed by atoms with Crippen molar-refractivity contribution in [2.24, 2.45) is 23.7 Å². The maximum atomic E-state index is 14.0. The van der Waals surface area contributed by atoms with Gasteiger partial charge in [0.15, 0.2) is 0 Å². The van der Waals surface area contributed by atoms with Crippen LogP contribution in [0.15, 0.2) is 54.9 Å². The number of nitrogens with zero attached hydrogens (tertiary/aromatic N) is 4. The molecule has 1 saturated heterocycles. The third-order valence-corrected chi connectivity index (χ3v) is 12.1. The Morgan fingerprint density at radius 2 is 1.47 bits per heavy atom. The molecule has 58 heavy (non-hydrogen) atoms. The van der Waals surface area contributed by atoms with E-state index in [0.29, 0.717) is 24.0 Å². The molecule has 3 heterocycles. The van der Waals surface area contributed by atoms with Gasteiger partial charge in [-0.2, -0.15) is 0 Å². The van der Waals surface area contributed by atoms with E-state index >= 15 is 0 Å². The lowest BCUT2D eigenvalue weighted by Crippen LogP contribution is -2.53. The molecule has 4 amide bonds. The van der Waals surface area contributed by atoms with Gasteiger partial charge in [-0.3, -0.25) is 9.59 Å². The van der Waals surface area contributed by atoms with Gasteiger partial charge >= 0.3 is 12.2 Å². The number of rotatable bonds is 11. The van der Waals surface area contributed by atoms with E-state index in [2.05, 4.69) is 20.7 Å². The van der Waals surface area contributed by atoms with Crippen LogP contribution in [0.25, 0.3) is 33.9 Å². The highest BCUT2D eigenvalue weighted by atomic mass is 16.5. The van der Waals surface area contributed by atoms with Crippen LogP contribution in [0.2, 0.25) is 0 Å². The number of hydrogen-bond acceptors (Lipinski definition) is 9. The minimum absolute atomic E-state index is 0.0177. The van der Waals surface area contributed by atoms with Crippen LogP contribution >= 0.6 is 0 Å². The van der Waals surface area contributed by atoms with Gasteiger partial charge in [-0.15, -0.1) is 0 Å². The number of benzene rings is 2. The lowest BCUT2D eigenvalue weighted by Gasteiger charge is -2.35. The van der Waals surface area contributed by atoms with E-state index in [1.54, 1.807) is 13.3 Å². The van der Waals surface area contributed by atoms with Gasteiger partial charge in [-0.1, -0.05) is 44.2 Å². The molecule has 0 spiro atoms. The summed E-state index contributed by atoms with van der Waals surface area (Å²) in [6, 6.07) is 13.0. The molecule has 4 N–H and O–H groups in total. The number of H-pyrrole nitrogens is 2. The molecule has 2 aromatic carbocycles. The van der Waals surface area contributed by atoms with Crippen LogP contribution in [0.4, 0.5) is 9.59 Å². The molecule has 3 fully saturated rings. The maximum Gasteiger partial charge on any atom is 0.425 e. The summed E-state index contributed by atoms with van der Waals surface area (Å²) in [4.78, 5) is 69.9. The average Bonchev–Trinajstić information content (AvgIpc) is 4.09. The van der Waals surface area contributed by atoms with Gasteiger partial charge in [-0.25, -0.2) is 30.0 Å². The molecule has 1 aliphatic heterocycles. The Hall–Kier alpha value is -5.86. The van der Waals surface area contributed by atoms with Gasteiger partial charge in [0.25, 0.3) is 0 Å². The quantitative estimate of drug-likeness (QED) is 0.118. The smallest absolute Gasteiger partial charge is 0.425 e. The highest BCUT2D eigenvalue weighted by molar-refractivity contribution is 5.86. The number of carbonyl (C=O) groups excluding carboxylic acids is 4. The van der Waals surface area contributed by atoms with Crippen molar-refractivity contribution in [3.8, 4) is 39.7 Å². The summed E-state index contributed by atoms with van der Waals surface area (Å²) in [5.74, 6) is 1.99. The molecule has 7 rings (SSSR count). The number of aromatic nitrogens is 4. The molecule has 308 valence electrons. The number of ether oxygens (including phenoxy) is 3. The summed E-state index contributed by atoms with van der Waals surface area (Å²) in [6.07, 6.45) is 6.99.